The Balaban J connectivity index is 2.03. The van der Waals surface area contributed by atoms with E-state index in [1.807, 2.05) is 0 Å². The van der Waals surface area contributed by atoms with Crippen LogP contribution in [-0.4, -0.2) is 23.4 Å². The van der Waals surface area contributed by atoms with Crippen molar-refractivity contribution in [2.75, 3.05) is 0 Å². The molecule has 0 bridgehead atoms. The molecule has 1 aromatic heterocycles. The Morgan fingerprint density at radius 3 is 2.22 bits per heavy atom. The maximum Gasteiger partial charge on any atom is 0.358 e. The number of hydrogen-bond acceptors (Lipinski definition) is 5. The summed E-state index contributed by atoms with van der Waals surface area (Å²) in [6, 6.07) is 2.70. The number of fused-ring (bicyclic) bond motifs is 1. The zero-order chi connectivity index (χ0) is 16.8. The third-order valence-corrected chi connectivity index (χ3v) is 5.39. The first-order valence-corrected chi connectivity index (χ1v) is 8.64. The van der Waals surface area contributed by atoms with Crippen LogP contribution < -0.4 is 4.28 Å². The number of nitrogens with zero attached hydrogens (tertiary/aromatic N) is 1. The lowest BCUT2D eigenvalue weighted by Gasteiger charge is -2.10. The van der Waals surface area contributed by atoms with E-state index < -0.39 is 32.6 Å². The monoisotopic (exact) mass is 361 g/mol. The van der Waals surface area contributed by atoms with Crippen molar-refractivity contribution < 1.29 is 27.3 Å². The Labute approximate surface area is 136 Å². The Bertz CT molecular complexity index is 848. The van der Waals surface area contributed by atoms with E-state index in [4.69, 9.17) is 15.9 Å². The van der Waals surface area contributed by atoms with Crippen molar-refractivity contribution in [3.05, 3.63) is 40.2 Å². The average molecular weight is 362 g/mol. The van der Waals surface area contributed by atoms with E-state index >= 15 is 0 Å². The molecule has 124 valence electrons. The zero-order valence-electron chi connectivity index (χ0n) is 11.8. The van der Waals surface area contributed by atoms with Crippen molar-refractivity contribution in [2.24, 2.45) is 0 Å². The van der Waals surface area contributed by atoms with Gasteiger partial charge in [-0.15, -0.1) is 0 Å². The molecular formula is C14H13ClFNO5S. The van der Waals surface area contributed by atoms with Crippen LogP contribution in [-0.2, 0) is 23.0 Å². The standard InChI is InChI=1S/C14H13ClFNO5S/c15-11-7-8(16)5-6-12(11)23(20,21)22-17-13(18)9-3-1-2-4-10(9)14(17)19/h5-7,18-19H,1-4H2. The van der Waals surface area contributed by atoms with Crippen LogP contribution in [0.2, 0.25) is 5.02 Å². The fourth-order valence-corrected chi connectivity index (χ4v) is 4.03. The summed E-state index contributed by atoms with van der Waals surface area (Å²) in [6.07, 6.45) is 2.67. The molecule has 0 fully saturated rings. The van der Waals surface area contributed by atoms with E-state index in [9.17, 15) is 23.0 Å². The van der Waals surface area contributed by atoms with Gasteiger partial charge in [-0.2, -0.15) is 8.42 Å². The number of rotatable bonds is 3. The lowest BCUT2D eigenvalue weighted by molar-refractivity contribution is 0.202. The summed E-state index contributed by atoms with van der Waals surface area (Å²) in [5.74, 6) is -1.62. The molecular weight excluding hydrogens is 349 g/mol. The Hall–Kier alpha value is -1.93. The molecule has 2 aromatic rings. The summed E-state index contributed by atoms with van der Waals surface area (Å²) in [7, 11) is -4.46. The second kappa shape index (κ2) is 5.61. The highest BCUT2D eigenvalue weighted by molar-refractivity contribution is 7.87. The second-order valence-corrected chi connectivity index (χ2v) is 7.11. The van der Waals surface area contributed by atoms with Crippen LogP contribution in [0, 0.1) is 5.82 Å². The average Bonchev–Trinajstić information content (AvgIpc) is 2.72. The molecule has 9 heteroatoms. The van der Waals surface area contributed by atoms with E-state index in [0.29, 0.717) is 28.7 Å². The molecule has 0 atom stereocenters. The molecule has 1 aliphatic carbocycles. The first-order chi connectivity index (χ1) is 10.8. The van der Waals surface area contributed by atoms with Crippen molar-refractivity contribution in [1.82, 2.24) is 4.73 Å². The van der Waals surface area contributed by atoms with E-state index in [1.54, 1.807) is 0 Å². The zero-order valence-corrected chi connectivity index (χ0v) is 13.4. The van der Waals surface area contributed by atoms with Crippen LogP contribution in [0.4, 0.5) is 4.39 Å². The minimum absolute atomic E-state index is 0.360. The smallest absolute Gasteiger partial charge is 0.358 e. The largest absolute Gasteiger partial charge is 0.492 e. The maximum absolute atomic E-state index is 13.0. The summed E-state index contributed by atoms with van der Waals surface area (Å²) in [5.41, 5.74) is 0.934. The Morgan fingerprint density at radius 2 is 1.70 bits per heavy atom. The molecule has 0 saturated heterocycles. The number of hydrogen-bond donors (Lipinski definition) is 2. The molecule has 0 spiro atoms. The summed E-state index contributed by atoms with van der Waals surface area (Å²) in [6.45, 7) is 0. The Morgan fingerprint density at radius 1 is 1.13 bits per heavy atom. The summed E-state index contributed by atoms with van der Waals surface area (Å²) in [4.78, 5) is -0.467. The SMILES string of the molecule is O=S(=O)(On1c(O)c2c(c1O)CCCC2)c1ccc(F)cc1Cl. The molecule has 0 unspecified atom stereocenters. The van der Waals surface area contributed by atoms with Gasteiger partial charge in [-0.3, -0.25) is 4.28 Å². The summed E-state index contributed by atoms with van der Waals surface area (Å²) < 4.78 is 42.9. The highest BCUT2D eigenvalue weighted by atomic mass is 35.5. The second-order valence-electron chi connectivity index (χ2n) is 5.21. The third kappa shape index (κ3) is 2.72. The van der Waals surface area contributed by atoms with Crippen molar-refractivity contribution in [1.29, 1.82) is 0 Å². The highest BCUT2D eigenvalue weighted by Gasteiger charge is 2.30. The molecule has 23 heavy (non-hydrogen) atoms. The molecule has 1 aliphatic rings. The van der Waals surface area contributed by atoms with Gasteiger partial charge in [0.1, 0.15) is 10.7 Å². The lowest BCUT2D eigenvalue weighted by atomic mass is 9.95. The molecule has 6 nitrogen and oxygen atoms in total. The minimum atomic E-state index is -4.46. The van der Waals surface area contributed by atoms with Gasteiger partial charge in [0.05, 0.1) is 5.02 Å². The first-order valence-electron chi connectivity index (χ1n) is 6.85. The molecule has 0 aliphatic heterocycles. The van der Waals surface area contributed by atoms with Crippen molar-refractivity contribution in [3.63, 3.8) is 0 Å². The van der Waals surface area contributed by atoms with Gasteiger partial charge in [0.2, 0.25) is 11.8 Å². The number of halogens is 2. The molecule has 1 aromatic carbocycles. The van der Waals surface area contributed by atoms with Crippen LogP contribution in [0.1, 0.15) is 24.0 Å². The van der Waals surface area contributed by atoms with Crippen molar-refractivity contribution in [3.8, 4) is 11.8 Å². The number of aromatic hydroxyl groups is 2. The molecule has 3 rings (SSSR count). The van der Waals surface area contributed by atoms with Gasteiger partial charge < -0.3 is 10.2 Å². The van der Waals surface area contributed by atoms with Gasteiger partial charge >= 0.3 is 10.1 Å². The molecule has 2 N–H and O–H groups in total. The van der Waals surface area contributed by atoms with Gasteiger partial charge in [0, 0.05) is 11.1 Å². The first kappa shape index (κ1) is 15.9. The van der Waals surface area contributed by atoms with E-state index in [0.717, 1.165) is 31.0 Å². The van der Waals surface area contributed by atoms with Crippen LogP contribution in [0.15, 0.2) is 23.1 Å². The van der Waals surface area contributed by atoms with Crippen molar-refractivity contribution in [2.45, 2.75) is 30.6 Å². The normalized spacial score (nSPS) is 14.5. The predicted octanol–water partition coefficient (Wildman–Crippen LogP) is 2.39. The van der Waals surface area contributed by atoms with E-state index in [-0.39, 0.29) is 5.02 Å². The van der Waals surface area contributed by atoms with Crippen LogP contribution >= 0.6 is 11.6 Å². The maximum atomic E-state index is 13.0. The third-order valence-electron chi connectivity index (χ3n) is 3.73. The number of aromatic nitrogens is 1. The van der Waals surface area contributed by atoms with Crippen molar-refractivity contribution >= 4 is 21.7 Å². The summed E-state index contributed by atoms with van der Waals surface area (Å²) >= 11 is 5.73. The molecule has 0 amide bonds. The van der Waals surface area contributed by atoms with Gasteiger partial charge in [-0.05, 0) is 43.9 Å². The van der Waals surface area contributed by atoms with Gasteiger partial charge in [0.15, 0.2) is 0 Å². The number of benzene rings is 1. The van der Waals surface area contributed by atoms with E-state index in [2.05, 4.69) is 0 Å². The lowest BCUT2D eigenvalue weighted by Crippen LogP contribution is -2.20. The van der Waals surface area contributed by atoms with Gasteiger partial charge in [-0.25, -0.2) is 4.39 Å². The fourth-order valence-electron chi connectivity index (χ4n) is 2.63. The van der Waals surface area contributed by atoms with Gasteiger partial charge in [0.25, 0.3) is 0 Å². The molecule has 0 saturated carbocycles. The summed E-state index contributed by atoms with van der Waals surface area (Å²) in [5, 5.41) is 19.8. The molecule has 0 radical (unpaired) electrons. The highest BCUT2D eigenvalue weighted by Crippen LogP contribution is 2.38. The minimum Gasteiger partial charge on any atom is -0.492 e. The van der Waals surface area contributed by atoms with E-state index in [1.165, 1.54) is 0 Å². The predicted molar refractivity (Wildman–Crippen MR) is 79.6 cm³/mol. The van der Waals surface area contributed by atoms with Crippen LogP contribution in [0.25, 0.3) is 0 Å². The quantitative estimate of drug-likeness (QED) is 0.876. The topological polar surface area (TPSA) is 88.8 Å². The molecule has 1 heterocycles. The van der Waals surface area contributed by atoms with Crippen LogP contribution in [0.5, 0.6) is 11.8 Å². The Kier molecular flexibility index (Phi) is 3.89. The fraction of sp³-hybridized carbons (Fsp3) is 0.286. The van der Waals surface area contributed by atoms with Gasteiger partial charge in [-0.1, -0.05) is 16.3 Å². The van der Waals surface area contributed by atoms with Crippen LogP contribution in [0.3, 0.4) is 0 Å².